The van der Waals surface area contributed by atoms with E-state index in [4.69, 9.17) is 15.0 Å². The molecule has 10 aromatic carbocycles. The summed E-state index contributed by atoms with van der Waals surface area (Å²) in [5.74, 6) is 1.83. The minimum absolute atomic E-state index is 0.604. The minimum atomic E-state index is 0.604. The van der Waals surface area contributed by atoms with Crippen molar-refractivity contribution in [2.24, 2.45) is 0 Å². The van der Waals surface area contributed by atoms with Crippen LogP contribution in [0.1, 0.15) is 0 Å². The summed E-state index contributed by atoms with van der Waals surface area (Å²) in [6, 6.07) is 82.3. The van der Waals surface area contributed by atoms with Crippen molar-refractivity contribution < 1.29 is 0 Å². The maximum Gasteiger partial charge on any atom is 0.164 e. The highest BCUT2D eigenvalue weighted by Crippen LogP contribution is 2.41. The molecule has 3 aromatic heterocycles. The van der Waals surface area contributed by atoms with E-state index < -0.39 is 0 Å². The SMILES string of the molecule is c1ccc(-c2ccc(-c3nc(-c4ccc(-c5cccc6c5sc5ccccc56)cc4)nc(-c4cccc(-c5ccc6ccccc6c5)c4)n3)cc2-n2c3ccccc3c3ccccc32)cc1. The van der Waals surface area contributed by atoms with E-state index in [-0.39, 0.29) is 0 Å². The fourth-order valence-corrected chi connectivity index (χ4v) is 10.9. The highest BCUT2D eigenvalue weighted by atomic mass is 32.1. The van der Waals surface area contributed by atoms with Crippen molar-refractivity contribution in [1.29, 1.82) is 0 Å². The van der Waals surface area contributed by atoms with Gasteiger partial charge in [0.05, 0.1) is 16.7 Å². The van der Waals surface area contributed by atoms with Gasteiger partial charge in [0.15, 0.2) is 17.5 Å². The Morgan fingerprint density at radius 2 is 0.818 bits per heavy atom. The van der Waals surface area contributed by atoms with Crippen LogP contribution in [-0.2, 0) is 0 Å². The smallest absolute Gasteiger partial charge is 0.164 e. The molecule has 0 spiro atoms. The number of hydrogen-bond acceptors (Lipinski definition) is 4. The van der Waals surface area contributed by atoms with Gasteiger partial charge in [0, 0.05) is 53.2 Å². The van der Waals surface area contributed by atoms with Gasteiger partial charge in [-0.15, -0.1) is 11.3 Å². The molecule has 0 fully saturated rings. The third-order valence-electron chi connectivity index (χ3n) is 12.9. The van der Waals surface area contributed by atoms with Crippen LogP contribution in [0.4, 0.5) is 0 Å². The van der Waals surface area contributed by atoms with Gasteiger partial charge in [0.25, 0.3) is 0 Å². The summed E-state index contributed by atoms with van der Waals surface area (Å²) in [7, 11) is 0. The lowest BCUT2D eigenvalue weighted by atomic mass is 9.99. The van der Waals surface area contributed by atoms with E-state index >= 15 is 0 Å². The van der Waals surface area contributed by atoms with Gasteiger partial charge in [0.1, 0.15) is 0 Å². The lowest BCUT2D eigenvalue weighted by Crippen LogP contribution is -2.02. The maximum atomic E-state index is 5.32. The summed E-state index contributed by atoms with van der Waals surface area (Å²) in [6.07, 6.45) is 0. The van der Waals surface area contributed by atoms with Crippen molar-refractivity contribution in [2.75, 3.05) is 0 Å². The Hall–Kier alpha value is -8.51. The summed E-state index contributed by atoms with van der Waals surface area (Å²) < 4.78 is 4.98. The molecule has 0 N–H and O–H groups in total. The second-order valence-electron chi connectivity index (χ2n) is 16.8. The zero-order chi connectivity index (χ0) is 43.6. The molecule has 0 aliphatic heterocycles. The van der Waals surface area contributed by atoms with Crippen LogP contribution in [0.15, 0.2) is 231 Å². The molecule has 13 rings (SSSR count). The van der Waals surface area contributed by atoms with Crippen molar-refractivity contribution in [2.45, 2.75) is 0 Å². The van der Waals surface area contributed by atoms with E-state index in [2.05, 4.69) is 235 Å². The van der Waals surface area contributed by atoms with E-state index in [0.717, 1.165) is 61.2 Å². The van der Waals surface area contributed by atoms with Crippen LogP contribution in [0.2, 0.25) is 0 Å². The third-order valence-corrected chi connectivity index (χ3v) is 14.1. The Kier molecular flexibility index (Phi) is 9.00. The molecular weight excluding hydrogens is 821 g/mol. The van der Waals surface area contributed by atoms with Crippen molar-refractivity contribution in [3.05, 3.63) is 231 Å². The largest absolute Gasteiger partial charge is 0.309 e. The van der Waals surface area contributed by atoms with Gasteiger partial charge in [-0.25, -0.2) is 15.0 Å². The van der Waals surface area contributed by atoms with E-state index in [9.17, 15) is 0 Å². The maximum absolute atomic E-state index is 5.32. The van der Waals surface area contributed by atoms with E-state index in [1.165, 1.54) is 47.3 Å². The molecule has 0 saturated heterocycles. The summed E-state index contributed by atoms with van der Waals surface area (Å²) in [5.41, 5.74) is 12.9. The average molecular weight is 859 g/mol. The van der Waals surface area contributed by atoms with Crippen LogP contribution < -0.4 is 0 Å². The van der Waals surface area contributed by atoms with Crippen molar-refractivity contribution in [3.8, 4) is 73.2 Å². The molecule has 66 heavy (non-hydrogen) atoms. The number of fused-ring (bicyclic) bond motifs is 7. The average Bonchev–Trinajstić information content (AvgIpc) is 3.95. The Balaban J connectivity index is 0.992. The molecule has 0 bridgehead atoms. The Labute approximate surface area is 385 Å². The summed E-state index contributed by atoms with van der Waals surface area (Å²) in [5, 5.41) is 7.42. The van der Waals surface area contributed by atoms with Gasteiger partial charge in [-0.05, 0) is 75.0 Å². The lowest BCUT2D eigenvalue weighted by molar-refractivity contribution is 1.07. The normalized spacial score (nSPS) is 11.6. The fourth-order valence-electron chi connectivity index (χ4n) is 9.64. The Morgan fingerprint density at radius 1 is 0.303 bits per heavy atom. The summed E-state index contributed by atoms with van der Waals surface area (Å²) >= 11 is 1.85. The monoisotopic (exact) mass is 858 g/mol. The van der Waals surface area contributed by atoms with Crippen molar-refractivity contribution in [1.82, 2.24) is 19.5 Å². The van der Waals surface area contributed by atoms with Crippen LogP contribution >= 0.6 is 11.3 Å². The first-order valence-corrected chi connectivity index (χ1v) is 23.1. The molecule has 4 nitrogen and oxygen atoms in total. The molecular formula is C61H38N4S. The Bertz CT molecular complexity index is 3940. The number of hydrogen-bond donors (Lipinski definition) is 0. The van der Waals surface area contributed by atoms with Crippen LogP contribution in [0.5, 0.6) is 0 Å². The molecule has 0 aliphatic rings. The van der Waals surface area contributed by atoms with Crippen LogP contribution in [-0.4, -0.2) is 19.5 Å². The van der Waals surface area contributed by atoms with Gasteiger partial charge < -0.3 is 4.57 Å². The first-order valence-electron chi connectivity index (χ1n) is 22.3. The minimum Gasteiger partial charge on any atom is -0.309 e. The molecule has 0 aliphatic carbocycles. The van der Waals surface area contributed by atoms with E-state index in [1.54, 1.807) is 0 Å². The zero-order valence-corrected chi connectivity index (χ0v) is 36.5. The standard InChI is InChI=1S/C61H38N4S/c1-2-15-40(16-3-1)48-35-34-47(38-56(48)65-54-25-9-6-20-50(54)51-21-7-10-26-55(51)65)61-63-59(42-31-29-41(30-32-42)49-23-13-24-53-52-22-8-11-27-57(52)66-58(49)53)62-60(64-61)46-19-12-18-44(37-46)45-33-28-39-14-4-5-17-43(39)36-45/h1-38H. The second kappa shape index (κ2) is 15.6. The Morgan fingerprint density at radius 3 is 1.59 bits per heavy atom. The molecule has 308 valence electrons. The number of rotatable bonds is 7. The molecule has 0 amide bonds. The van der Waals surface area contributed by atoms with Gasteiger partial charge in [-0.2, -0.15) is 0 Å². The number of para-hydroxylation sites is 2. The highest BCUT2D eigenvalue weighted by Gasteiger charge is 2.20. The quantitative estimate of drug-likeness (QED) is 0.160. The molecule has 0 radical (unpaired) electrons. The summed E-state index contributed by atoms with van der Waals surface area (Å²) in [4.78, 5) is 15.9. The number of benzene rings is 10. The van der Waals surface area contributed by atoms with E-state index in [1.807, 2.05) is 11.3 Å². The highest BCUT2D eigenvalue weighted by molar-refractivity contribution is 7.26. The lowest BCUT2D eigenvalue weighted by Gasteiger charge is -2.16. The molecule has 13 aromatic rings. The third kappa shape index (κ3) is 6.48. The molecule has 0 unspecified atom stereocenters. The first kappa shape index (κ1) is 38.0. The van der Waals surface area contributed by atoms with Gasteiger partial charge in [-0.3, -0.25) is 0 Å². The van der Waals surface area contributed by atoms with Crippen molar-refractivity contribution >= 4 is 64.1 Å². The van der Waals surface area contributed by atoms with Crippen LogP contribution in [0.3, 0.4) is 0 Å². The van der Waals surface area contributed by atoms with Gasteiger partial charge in [-0.1, -0.05) is 194 Å². The predicted molar refractivity (Wildman–Crippen MR) is 277 cm³/mol. The van der Waals surface area contributed by atoms with Gasteiger partial charge in [0.2, 0.25) is 0 Å². The van der Waals surface area contributed by atoms with Crippen LogP contribution in [0, 0.1) is 0 Å². The topological polar surface area (TPSA) is 43.6 Å². The first-order chi connectivity index (χ1) is 32.7. The second-order valence-corrected chi connectivity index (χ2v) is 17.8. The number of aromatic nitrogens is 4. The van der Waals surface area contributed by atoms with Crippen LogP contribution in [0.25, 0.3) is 126 Å². The molecule has 0 saturated carbocycles. The molecule has 5 heteroatoms. The van der Waals surface area contributed by atoms with E-state index in [0.29, 0.717) is 17.5 Å². The number of thiophene rings is 1. The summed E-state index contributed by atoms with van der Waals surface area (Å²) in [6.45, 7) is 0. The predicted octanol–water partition coefficient (Wildman–Crippen LogP) is 16.5. The van der Waals surface area contributed by atoms with Crippen molar-refractivity contribution in [3.63, 3.8) is 0 Å². The molecule has 0 atom stereocenters. The number of nitrogens with zero attached hydrogens (tertiary/aromatic N) is 4. The zero-order valence-electron chi connectivity index (χ0n) is 35.6. The molecule has 3 heterocycles. The van der Waals surface area contributed by atoms with Gasteiger partial charge >= 0.3 is 0 Å². The fraction of sp³-hybridized carbons (Fsp3) is 0.